The number of carbonyl (C=O) groups excluding carboxylic acids is 19. The summed E-state index contributed by atoms with van der Waals surface area (Å²) in [6, 6.07) is -22.6. The molecule has 1 aromatic heterocycles. The van der Waals surface area contributed by atoms with Crippen LogP contribution >= 0.6 is 35.3 Å². The lowest BCUT2D eigenvalue weighted by atomic mass is 9.96. The fourth-order valence-electron chi connectivity index (χ4n) is 15.1. The van der Waals surface area contributed by atoms with Gasteiger partial charge in [0.2, 0.25) is 112 Å². The summed E-state index contributed by atoms with van der Waals surface area (Å²) in [6.45, 7) is 18.8. The minimum absolute atomic E-state index is 0.0562. The highest BCUT2D eigenvalue weighted by Gasteiger charge is 2.45. The number of unbranched alkanes of at least 4 members (excludes halogenated alkanes) is 4. The molecule has 764 valence electrons. The second-order valence-electron chi connectivity index (χ2n) is 36.1. The number of carbonyl (C=O) groups is 20. The number of aromatic nitrogens is 1. The van der Waals surface area contributed by atoms with Crippen LogP contribution in [0.15, 0.2) is 30.5 Å². The van der Waals surface area contributed by atoms with Gasteiger partial charge in [0.1, 0.15) is 96.7 Å². The highest BCUT2D eigenvalue weighted by Crippen LogP contribution is 2.26. The average molecular weight is 2000 g/mol. The molecule has 26 N–H and O–H groups in total. The van der Waals surface area contributed by atoms with E-state index < -0.39 is 338 Å². The highest BCUT2D eigenvalue weighted by molar-refractivity contribution is 8.00. The summed E-state index contributed by atoms with van der Waals surface area (Å²) in [4.78, 5) is 300. The molecule has 19 amide bonds. The molecule has 4 aliphatic rings. The zero-order chi connectivity index (χ0) is 102. The Hall–Kier alpha value is -10.8. The molecule has 4 unspecified atom stereocenters. The van der Waals surface area contributed by atoms with Crippen LogP contribution in [0.2, 0.25) is 0 Å². The van der Waals surface area contributed by atoms with Crippen LogP contribution in [0.3, 0.4) is 0 Å². The molecular formula is C88H140N22O23S4. The first kappa shape index (κ1) is 115. The summed E-state index contributed by atoms with van der Waals surface area (Å²) in [6.07, 6.45) is 3.27. The molecule has 4 saturated heterocycles. The number of fused-ring (bicyclic) bond motifs is 19. The minimum atomic E-state index is -2.50. The van der Waals surface area contributed by atoms with Gasteiger partial charge >= 0.3 is 5.97 Å². The van der Waals surface area contributed by atoms with Gasteiger partial charge < -0.3 is 128 Å². The normalized spacial score (nSPS) is 29.3. The fourth-order valence-corrected chi connectivity index (χ4v) is 19.7. The van der Waals surface area contributed by atoms with Crippen LogP contribution in [0.5, 0.6) is 0 Å². The third-order valence-electron chi connectivity index (χ3n) is 24.0. The number of aromatic amines is 1. The number of thioether (sulfide) groups is 3. The molecule has 49 heteroatoms. The van der Waals surface area contributed by atoms with Gasteiger partial charge in [0, 0.05) is 80.8 Å². The number of amides is 19. The highest BCUT2D eigenvalue weighted by atomic mass is 32.2. The van der Waals surface area contributed by atoms with Crippen molar-refractivity contribution in [1.82, 2.24) is 106 Å². The van der Waals surface area contributed by atoms with Crippen molar-refractivity contribution in [1.29, 1.82) is 0 Å². The average Bonchev–Trinajstić information content (AvgIpc) is 1.78. The van der Waals surface area contributed by atoms with Crippen molar-refractivity contribution in [2.24, 2.45) is 41.1 Å². The van der Waals surface area contributed by atoms with Gasteiger partial charge in [0.05, 0.1) is 36.7 Å². The van der Waals surface area contributed by atoms with Crippen molar-refractivity contribution < 1.29 is 110 Å². The van der Waals surface area contributed by atoms with Crippen LogP contribution in [0, 0.1) is 29.6 Å². The van der Waals surface area contributed by atoms with Crippen molar-refractivity contribution in [2.45, 2.75) is 286 Å². The first-order valence-corrected chi connectivity index (χ1v) is 51.0. The van der Waals surface area contributed by atoms with Gasteiger partial charge in [-0.3, -0.25) is 100 Å². The molecule has 4 fully saturated rings. The Kier molecular flexibility index (Phi) is 47.3. The van der Waals surface area contributed by atoms with E-state index in [2.05, 4.69) is 106 Å². The third kappa shape index (κ3) is 35.6. The van der Waals surface area contributed by atoms with Gasteiger partial charge in [0.15, 0.2) is 0 Å². The fraction of sp³-hybridized carbons (Fsp3) is 0.682. The zero-order valence-corrected chi connectivity index (χ0v) is 83.2. The summed E-state index contributed by atoms with van der Waals surface area (Å²) >= 11 is 2.18. The van der Waals surface area contributed by atoms with E-state index in [0.717, 1.165) is 42.8 Å². The number of carboxylic acids is 1. The van der Waals surface area contributed by atoms with E-state index in [9.17, 15) is 53.4 Å². The van der Waals surface area contributed by atoms with Crippen LogP contribution in [-0.2, 0) is 113 Å². The van der Waals surface area contributed by atoms with Crippen LogP contribution in [-0.4, -0.2) is 318 Å². The maximum Gasteiger partial charge on any atom is 0.303 e. The monoisotopic (exact) mass is 2000 g/mol. The molecule has 0 saturated carbocycles. The predicted octanol–water partition coefficient (Wildman–Crippen LogP) is -5.45. The van der Waals surface area contributed by atoms with Crippen molar-refractivity contribution in [3.8, 4) is 0 Å². The molecule has 0 aliphatic carbocycles. The molecule has 0 spiro atoms. The molecule has 4 bridgehead atoms. The Balaban J connectivity index is 1.62. The summed E-state index contributed by atoms with van der Waals surface area (Å²) in [7, 11) is -2.50. The smallest absolute Gasteiger partial charge is 0.303 e. The largest absolute Gasteiger partial charge is 0.481 e. The molecular weight excluding hydrogens is 1860 g/mol. The molecule has 5 heterocycles. The van der Waals surface area contributed by atoms with E-state index >= 15 is 56.9 Å². The zero-order valence-electron chi connectivity index (χ0n) is 79.9. The van der Waals surface area contributed by atoms with Gasteiger partial charge in [-0.25, -0.2) is 0 Å². The van der Waals surface area contributed by atoms with Gasteiger partial charge in [-0.1, -0.05) is 133 Å². The topological polar surface area (TPSA) is 695 Å². The lowest BCUT2D eigenvalue weighted by Crippen LogP contribution is -2.63. The molecule has 0 radical (unpaired) electrons. The van der Waals surface area contributed by atoms with Crippen molar-refractivity contribution in [3.05, 3.63) is 36.0 Å². The van der Waals surface area contributed by atoms with Crippen LogP contribution in [0.4, 0.5) is 0 Å². The first-order chi connectivity index (χ1) is 64.7. The number of carboxylic acid groups (broad SMARTS) is 1. The summed E-state index contributed by atoms with van der Waals surface area (Å²) < 4.78 is 15.2. The number of hydrogen-bond acceptors (Lipinski definition) is 27. The Bertz CT molecular complexity index is 4630. The van der Waals surface area contributed by atoms with E-state index in [-0.39, 0.29) is 32.2 Å². The van der Waals surface area contributed by atoms with Gasteiger partial charge in [-0.2, -0.15) is 35.3 Å². The van der Waals surface area contributed by atoms with Crippen molar-refractivity contribution >= 4 is 175 Å². The number of aliphatic carboxylic acids is 1. The first-order valence-electron chi connectivity index (χ1n) is 46.4. The van der Waals surface area contributed by atoms with Gasteiger partial charge in [0.25, 0.3) is 0 Å². The number of nitrogens with two attached hydrogens (primary N) is 2. The molecule has 6 rings (SSSR count). The number of aliphatic hydroxyl groups excluding tert-OH is 1. The minimum Gasteiger partial charge on any atom is -0.481 e. The van der Waals surface area contributed by atoms with Gasteiger partial charge in [-0.15, -0.1) is 0 Å². The van der Waals surface area contributed by atoms with Crippen LogP contribution in [0.1, 0.15) is 167 Å². The van der Waals surface area contributed by atoms with Crippen molar-refractivity contribution in [2.75, 3.05) is 61.6 Å². The number of benzene rings is 1. The molecule has 2 aromatic rings. The van der Waals surface area contributed by atoms with Crippen molar-refractivity contribution in [3.63, 3.8) is 0 Å². The second kappa shape index (κ2) is 56.3. The van der Waals surface area contributed by atoms with E-state index in [0.29, 0.717) is 47.6 Å². The Morgan fingerprint density at radius 3 is 1.64 bits per heavy atom. The Labute approximate surface area is 811 Å². The van der Waals surface area contributed by atoms with Crippen LogP contribution in [0.25, 0.3) is 10.9 Å². The molecule has 4 aliphatic heterocycles. The van der Waals surface area contributed by atoms with E-state index in [4.69, 9.17) is 11.5 Å². The van der Waals surface area contributed by atoms with E-state index in [1.54, 1.807) is 78.9 Å². The van der Waals surface area contributed by atoms with E-state index in [1.165, 1.54) is 48.5 Å². The number of para-hydroxylation sites is 1. The molecule has 137 heavy (non-hydrogen) atoms. The summed E-state index contributed by atoms with van der Waals surface area (Å²) in [5.41, 5.74) is 13.3. The number of hydrogen-bond donors (Lipinski definition) is 24. The summed E-state index contributed by atoms with van der Waals surface area (Å²) in [5.74, 6) is -29.0. The quantitative estimate of drug-likeness (QED) is 0.0344. The SMILES string of the molecule is CCC(C)[C@@H]1NC(=O)[C@H](C(C)C)NC(=O)[C@H]2NC(=O)CNC(=O)[C@@H]3CS[C@@H](C)[C@@H](NC(=O)C4CSC[C@H](N)C(=O)N[C@@H](CO)C(=O)NCC(=O)N[C@@H](Cc5c[nH]c6ccccc56)C(=O)N[C@@H](C(C)C)C(=O)N4)C(=O)N[C@@H](CC(C)C)C(=O)N[C@@H](C(=O)N[C@@H](C(C)CC)C(=O)N[C@@H](CCC(=O)O)C(=O)N3)[C@H](C)SC[C@H](NC1=O)C(=O)N[C@@H](C)C(=O)N[C@H](C(=O)NCCCCCCCN)CS(=O)[C@H]2C. The maximum absolute atomic E-state index is 15.9. The number of H-pyrrole nitrogens is 1. The van der Waals surface area contributed by atoms with Crippen LogP contribution < -0.4 is 112 Å². The lowest BCUT2D eigenvalue weighted by Gasteiger charge is -2.32. The number of nitrogens with one attached hydrogen (secondary N) is 20. The standard InChI is InChI=1S/C88H140N22O23S4/c1-15-44(9)67-84(128)97-54(26-27-64(114)115)77(121)100-59-38-135-47(12)69(110-81(125)58-37-134-36-52(90)73(117)99-57(35-111)74(118)93-33-62(112)96-56(79(123)105-65(42(5)6)82(126)101-58)31-50-32-92-53-25-21-20-24-51(50)53)86(130)98-55(30-41(3)4)78(122)109-70(87(131)108-67)48(13)136-39-60-80(124)95-46(11)72(116)103-61(76(120)91-29-23-19-17-18-22-28-89)40-137(133)49(14)71(104-63(113)34-94-75(59)119)88(132)106-66(43(7)8)83(127)107-68(45(10)16-2)85(129)102-60/h20-21,24-25,32,41-49,52,54-61,65-71,92,111H,15-19,22-23,26-31,33-40,89-90H2,1-14H3,(H,91,120)(H,93,118)(H,94,119)(H,95,124)(H,96,112)(H,97,128)(H,98,130)(H,99,117)(H,100,121)(H,101,126)(H,102,129)(H,103,116)(H,104,113)(H,105,123)(H,106,132)(H,107,127)(H,108,131)(H,109,122)(H,110,125)(H,114,115)/t44?,45?,46-,47-,48-,49-,52-,54-,55-,56-,57-,58?,59-,60-,61-,65-,66-,67-,68-,69+,70+,71-,137?/m0/s1. The van der Waals surface area contributed by atoms with E-state index in [1.807, 2.05) is 0 Å². The van der Waals surface area contributed by atoms with Gasteiger partial charge in [-0.05, 0) is 87.3 Å². The molecule has 45 nitrogen and oxygen atoms in total. The lowest BCUT2D eigenvalue weighted by molar-refractivity contribution is -0.139. The summed E-state index contributed by atoms with van der Waals surface area (Å²) in [5, 5.41) is 65.9. The predicted molar refractivity (Wildman–Crippen MR) is 513 cm³/mol. The Morgan fingerprint density at radius 2 is 1.01 bits per heavy atom. The number of aliphatic hydroxyl groups is 1. The second-order valence-corrected chi connectivity index (χ2v) is 41.8. The third-order valence-corrected chi connectivity index (χ3v) is 29.5. The molecule has 23 atom stereocenters. The molecule has 1 aromatic carbocycles. The maximum atomic E-state index is 15.9. The Morgan fingerprint density at radius 1 is 0.496 bits per heavy atom. The number of rotatable bonds is 24.